The van der Waals surface area contributed by atoms with E-state index < -0.39 is 11.7 Å². The zero-order valence-electron chi connectivity index (χ0n) is 13.8. The third-order valence-corrected chi connectivity index (χ3v) is 3.44. The van der Waals surface area contributed by atoms with Gasteiger partial charge in [-0.15, -0.1) is 0 Å². The predicted octanol–water partition coefficient (Wildman–Crippen LogP) is 2.04. The number of carbonyl (C=O) groups excluding carboxylic acids is 1. The maximum absolute atomic E-state index is 11.9. The molecule has 1 aromatic rings. The summed E-state index contributed by atoms with van der Waals surface area (Å²) in [7, 11) is 1.80. The number of hydrogen-bond acceptors (Lipinski definition) is 5. The van der Waals surface area contributed by atoms with Crippen LogP contribution in [0.15, 0.2) is 6.20 Å². The Morgan fingerprint density at radius 2 is 2.14 bits per heavy atom. The van der Waals surface area contributed by atoms with Gasteiger partial charge >= 0.3 is 6.09 Å². The Labute approximate surface area is 131 Å². The molecule has 124 valence electrons. The van der Waals surface area contributed by atoms with E-state index in [9.17, 15) is 4.79 Å². The molecule has 0 aliphatic carbocycles. The zero-order chi connectivity index (χ0) is 16.2. The highest BCUT2D eigenvalue weighted by molar-refractivity contribution is 5.84. The van der Waals surface area contributed by atoms with Crippen LogP contribution in [-0.4, -0.2) is 40.7 Å². The van der Waals surface area contributed by atoms with Crippen LogP contribution in [0.3, 0.4) is 0 Å². The van der Waals surface area contributed by atoms with Crippen LogP contribution < -0.4 is 10.6 Å². The van der Waals surface area contributed by atoms with Gasteiger partial charge in [-0.3, -0.25) is 10.00 Å². The third kappa shape index (κ3) is 4.99. The summed E-state index contributed by atoms with van der Waals surface area (Å²) < 4.78 is 12.3. The van der Waals surface area contributed by atoms with Crippen LogP contribution in [0, 0.1) is 0 Å². The van der Waals surface area contributed by atoms with Crippen molar-refractivity contribution in [3.05, 3.63) is 11.8 Å². The van der Waals surface area contributed by atoms with Gasteiger partial charge in [-0.25, -0.2) is 4.79 Å². The fraction of sp³-hybridized carbons (Fsp3) is 0.733. The molecular formula is C15H26N4O3. The molecule has 0 radical (unpaired) electrons. The smallest absolute Gasteiger partial charge is 0.413 e. The second-order valence-electron chi connectivity index (χ2n) is 6.54. The molecule has 7 heteroatoms. The molecule has 1 saturated heterocycles. The highest BCUT2D eigenvalue weighted by atomic mass is 16.6. The van der Waals surface area contributed by atoms with Crippen molar-refractivity contribution < 1.29 is 14.3 Å². The van der Waals surface area contributed by atoms with Crippen LogP contribution in [0.4, 0.5) is 10.6 Å². The van der Waals surface area contributed by atoms with Gasteiger partial charge in [0.15, 0.2) is 0 Å². The highest BCUT2D eigenvalue weighted by Crippen LogP contribution is 2.17. The van der Waals surface area contributed by atoms with E-state index in [4.69, 9.17) is 9.47 Å². The molecule has 0 saturated carbocycles. The van der Waals surface area contributed by atoms with E-state index in [2.05, 4.69) is 15.7 Å². The van der Waals surface area contributed by atoms with Crippen molar-refractivity contribution in [2.45, 2.75) is 51.8 Å². The van der Waals surface area contributed by atoms with Gasteiger partial charge in [-0.1, -0.05) is 0 Å². The standard InChI is InChI=1S/C15H26N4O3/c1-15(2,3)22-14(20)18-13-11(10-17-19(13)4)9-16-12-5-7-21-8-6-12/h10,12,16H,5-9H2,1-4H3,(H,18,20). The van der Waals surface area contributed by atoms with Crippen LogP contribution in [-0.2, 0) is 23.1 Å². The lowest BCUT2D eigenvalue weighted by Crippen LogP contribution is -2.34. The summed E-state index contributed by atoms with van der Waals surface area (Å²) in [6.45, 7) is 7.77. The second kappa shape index (κ2) is 7.11. The molecule has 0 bridgehead atoms. The van der Waals surface area contributed by atoms with Crippen molar-refractivity contribution >= 4 is 11.9 Å². The normalized spacial score (nSPS) is 16.5. The number of aromatic nitrogens is 2. The van der Waals surface area contributed by atoms with Crippen LogP contribution in [0.2, 0.25) is 0 Å². The van der Waals surface area contributed by atoms with Gasteiger partial charge in [0.05, 0.1) is 6.20 Å². The van der Waals surface area contributed by atoms with E-state index in [0.717, 1.165) is 31.6 Å². The molecule has 0 atom stereocenters. The molecule has 1 aromatic heterocycles. The molecule has 0 aromatic carbocycles. The molecule has 1 aliphatic rings. The summed E-state index contributed by atoms with van der Waals surface area (Å²) in [5.74, 6) is 0.661. The van der Waals surface area contributed by atoms with Crippen LogP contribution in [0.25, 0.3) is 0 Å². The number of carbonyl (C=O) groups is 1. The number of hydrogen-bond donors (Lipinski definition) is 2. The summed E-state index contributed by atoms with van der Waals surface area (Å²) in [6.07, 6.45) is 3.31. The van der Waals surface area contributed by atoms with Gasteiger partial charge in [-0.2, -0.15) is 5.10 Å². The first kappa shape index (κ1) is 16.8. The van der Waals surface area contributed by atoms with Crippen molar-refractivity contribution in [3.8, 4) is 0 Å². The summed E-state index contributed by atoms with van der Waals surface area (Å²) in [6, 6.07) is 0.448. The van der Waals surface area contributed by atoms with E-state index in [-0.39, 0.29) is 0 Å². The first-order valence-electron chi connectivity index (χ1n) is 7.67. The highest BCUT2D eigenvalue weighted by Gasteiger charge is 2.20. The third-order valence-electron chi connectivity index (χ3n) is 3.44. The average molecular weight is 310 g/mol. The number of amides is 1. The molecule has 0 spiro atoms. The largest absolute Gasteiger partial charge is 0.444 e. The van der Waals surface area contributed by atoms with Crippen molar-refractivity contribution in [2.75, 3.05) is 18.5 Å². The lowest BCUT2D eigenvalue weighted by atomic mass is 10.1. The summed E-state index contributed by atoms with van der Waals surface area (Å²) in [4.78, 5) is 11.9. The van der Waals surface area contributed by atoms with Gasteiger partial charge in [0, 0.05) is 38.4 Å². The predicted molar refractivity (Wildman–Crippen MR) is 83.7 cm³/mol. The maximum atomic E-state index is 11.9. The molecule has 7 nitrogen and oxygen atoms in total. The summed E-state index contributed by atoms with van der Waals surface area (Å²) >= 11 is 0. The Kier molecular flexibility index (Phi) is 5.42. The van der Waals surface area contributed by atoms with E-state index >= 15 is 0 Å². The number of ether oxygens (including phenoxy) is 2. The van der Waals surface area contributed by atoms with E-state index in [1.165, 1.54) is 0 Å². The van der Waals surface area contributed by atoms with Crippen LogP contribution in [0.1, 0.15) is 39.2 Å². The Balaban J connectivity index is 1.93. The quantitative estimate of drug-likeness (QED) is 0.890. The lowest BCUT2D eigenvalue weighted by Gasteiger charge is -2.23. The molecular weight excluding hydrogens is 284 g/mol. The molecule has 2 rings (SSSR count). The number of nitrogens with zero attached hydrogens (tertiary/aromatic N) is 2. The first-order valence-corrected chi connectivity index (χ1v) is 7.67. The van der Waals surface area contributed by atoms with Crippen molar-refractivity contribution in [3.63, 3.8) is 0 Å². The van der Waals surface area contributed by atoms with Crippen LogP contribution >= 0.6 is 0 Å². The Morgan fingerprint density at radius 3 is 2.77 bits per heavy atom. The molecule has 1 aliphatic heterocycles. The van der Waals surface area contributed by atoms with Gasteiger partial charge in [0.1, 0.15) is 11.4 Å². The minimum atomic E-state index is -0.525. The lowest BCUT2D eigenvalue weighted by molar-refractivity contribution is 0.0634. The summed E-state index contributed by atoms with van der Waals surface area (Å²) in [5, 5.41) is 10.5. The SMILES string of the molecule is Cn1ncc(CNC2CCOCC2)c1NC(=O)OC(C)(C)C. The minimum Gasteiger partial charge on any atom is -0.444 e. The Hall–Kier alpha value is -1.60. The van der Waals surface area contributed by atoms with Crippen molar-refractivity contribution in [2.24, 2.45) is 7.05 Å². The van der Waals surface area contributed by atoms with Crippen molar-refractivity contribution in [1.29, 1.82) is 0 Å². The molecule has 0 unspecified atom stereocenters. The molecule has 1 amide bonds. The fourth-order valence-corrected chi connectivity index (χ4v) is 2.33. The average Bonchev–Trinajstić information content (AvgIpc) is 2.77. The van der Waals surface area contributed by atoms with Gasteiger partial charge in [0.2, 0.25) is 0 Å². The van der Waals surface area contributed by atoms with E-state index in [0.29, 0.717) is 18.4 Å². The van der Waals surface area contributed by atoms with Gasteiger partial charge in [-0.05, 0) is 33.6 Å². The van der Waals surface area contributed by atoms with Crippen molar-refractivity contribution in [1.82, 2.24) is 15.1 Å². The Morgan fingerprint density at radius 1 is 1.45 bits per heavy atom. The second-order valence-corrected chi connectivity index (χ2v) is 6.54. The number of aryl methyl sites for hydroxylation is 1. The monoisotopic (exact) mass is 310 g/mol. The van der Waals surface area contributed by atoms with Crippen LogP contribution in [0.5, 0.6) is 0 Å². The fourth-order valence-electron chi connectivity index (χ4n) is 2.33. The van der Waals surface area contributed by atoms with Gasteiger partial charge in [0.25, 0.3) is 0 Å². The first-order chi connectivity index (χ1) is 10.3. The molecule has 2 heterocycles. The molecule has 22 heavy (non-hydrogen) atoms. The maximum Gasteiger partial charge on any atom is 0.413 e. The number of nitrogens with one attached hydrogen (secondary N) is 2. The van der Waals surface area contributed by atoms with E-state index in [1.54, 1.807) is 17.9 Å². The topological polar surface area (TPSA) is 77.4 Å². The number of anilines is 1. The van der Waals surface area contributed by atoms with Gasteiger partial charge < -0.3 is 14.8 Å². The summed E-state index contributed by atoms with van der Waals surface area (Å²) in [5.41, 5.74) is 0.420. The van der Waals surface area contributed by atoms with E-state index in [1.807, 2.05) is 20.8 Å². The minimum absolute atomic E-state index is 0.448. The zero-order valence-corrected chi connectivity index (χ0v) is 13.8. The molecule has 1 fully saturated rings. The number of rotatable bonds is 4. The Bertz CT molecular complexity index is 501. The molecule has 2 N–H and O–H groups in total.